The Bertz CT molecular complexity index is 1320. The third kappa shape index (κ3) is 6.64. The number of ketones is 1. The number of aliphatic hydroxyl groups excluding tert-OH is 1. The fourth-order valence-corrected chi connectivity index (χ4v) is 4.41. The summed E-state index contributed by atoms with van der Waals surface area (Å²) in [7, 11) is 0. The SMILES string of the molecule is CC(=O)c1ccc(N2CCN(C(=O)C(CO)NC(=O)c3ccc(-c4ccc(C(F)(F)F)cc4)cc3)CC2)cc1. The summed E-state index contributed by atoms with van der Waals surface area (Å²) >= 11 is 0. The molecule has 0 bridgehead atoms. The molecule has 7 nitrogen and oxygen atoms in total. The molecule has 0 radical (unpaired) electrons. The van der Waals surface area contributed by atoms with Crippen LogP contribution in [0.1, 0.15) is 33.2 Å². The van der Waals surface area contributed by atoms with Gasteiger partial charge in [0.1, 0.15) is 6.04 Å². The summed E-state index contributed by atoms with van der Waals surface area (Å²) in [5, 5.41) is 12.4. The standard InChI is InChI=1S/C29H28F3N3O4/c1-19(37)20-8-12-25(13-9-20)34-14-16-35(17-15-34)28(39)26(18-36)33-27(38)23-4-2-21(3-5-23)22-6-10-24(11-7-22)29(30,31)32/h2-13,26,36H,14-18H2,1H3,(H,33,38). The second-order valence-electron chi connectivity index (χ2n) is 9.28. The van der Waals surface area contributed by atoms with Crippen molar-refractivity contribution in [2.45, 2.75) is 19.1 Å². The lowest BCUT2D eigenvalue weighted by Crippen LogP contribution is -2.56. The summed E-state index contributed by atoms with van der Waals surface area (Å²) in [6.07, 6.45) is -4.42. The number of nitrogens with one attached hydrogen (secondary N) is 1. The third-order valence-electron chi connectivity index (χ3n) is 6.71. The van der Waals surface area contributed by atoms with Crippen molar-refractivity contribution in [3.8, 4) is 11.1 Å². The second-order valence-corrected chi connectivity index (χ2v) is 9.28. The summed E-state index contributed by atoms with van der Waals surface area (Å²) in [4.78, 5) is 40.9. The topological polar surface area (TPSA) is 90.0 Å². The fourth-order valence-electron chi connectivity index (χ4n) is 4.41. The van der Waals surface area contributed by atoms with E-state index in [1.165, 1.54) is 31.2 Å². The van der Waals surface area contributed by atoms with Crippen molar-refractivity contribution in [2.75, 3.05) is 37.7 Å². The maximum absolute atomic E-state index is 13.0. The minimum absolute atomic E-state index is 0.0100. The highest BCUT2D eigenvalue weighted by Gasteiger charge is 2.30. The Morgan fingerprint density at radius 2 is 1.33 bits per heavy atom. The lowest BCUT2D eigenvalue weighted by atomic mass is 10.0. The molecule has 204 valence electrons. The molecule has 1 atom stereocenters. The molecule has 10 heteroatoms. The summed E-state index contributed by atoms with van der Waals surface area (Å²) in [6.45, 7) is 2.86. The van der Waals surface area contributed by atoms with Crippen LogP contribution in [0.3, 0.4) is 0 Å². The van der Waals surface area contributed by atoms with Crippen LogP contribution in [0.4, 0.5) is 18.9 Å². The summed E-state index contributed by atoms with van der Waals surface area (Å²) < 4.78 is 38.4. The highest BCUT2D eigenvalue weighted by molar-refractivity contribution is 5.98. The molecule has 1 fully saturated rings. The fraction of sp³-hybridized carbons (Fsp3) is 0.276. The monoisotopic (exact) mass is 539 g/mol. The highest BCUT2D eigenvalue weighted by atomic mass is 19.4. The van der Waals surface area contributed by atoms with Gasteiger partial charge in [-0.2, -0.15) is 13.2 Å². The molecular weight excluding hydrogens is 511 g/mol. The van der Waals surface area contributed by atoms with Crippen molar-refractivity contribution in [3.63, 3.8) is 0 Å². The number of aliphatic hydroxyl groups is 1. The van der Waals surface area contributed by atoms with Gasteiger partial charge in [0.2, 0.25) is 5.91 Å². The van der Waals surface area contributed by atoms with E-state index in [4.69, 9.17) is 0 Å². The number of alkyl halides is 3. The average Bonchev–Trinajstić information content (AvgIpc) is 2.95. The zero-order chi connectivity index (χ0) is 28.2. The number of anilines is 1. The van der Waals surface area contributed by atoms with E-state index in [1.54, 1.807) is 29.2 Å². The molecule has 1 aliphatic rings. The Morgan fingerprint density at radius 1 is 0.821 bits per heavy atom. The van der Waals surface area contributed by atoms with Crippen molar-refractivity contribution in [3.05, 3.63) is 89.5 Å². The van der Waals surface area contributed by atoms with E-state index in [0.29, 0.717) is 42.9 Å². The minimum Gasteiger partial charge on any atom is -0.394 e. The van der Waals surface area contributed by atoms with E-state index in [0.717, 1.165) is 17.8 Å². The van der Waals surface area contributed by atoms with Gasteiger partial charge in [-0.05, 0) is 66.6 Å². The quantitative estimate of drug-likeness (QED) is 0.443. The maximum atomic E-state index is 13.0. The van der Waals surface area contributed by atoms with Gasteiger partial charge in [-0.25, -0.2) is 0 Å². The molecule has 3 aromatic rings. The first-order chi connectivity index (χ1) is 18.6. The first-order valence-electron chi connectivity index (χ1n) is 12.4. The summed E-state index contributed by atoms with van der Waals surface area (Å²) in [6, 6.07) is 17.1. The number of benzene rings is 3. The molecular formula is C29H28F3N3O4. The molecule has 2 N–H and O–H groups in total. The zero-order valence-corrected chi connectivity index (χ0v) is 21.2. The molecule has 4 rings (SSSR count). The number of hydrogen-bond donors (Lipinski definition) is 2. The second kappa shape index (κ2) is 11.7. The molecule has 3 aromatic carbocycles. The van der Waals surface area contributed by atoms with Crippen LogP contribution in [0.2, 0.25) is 0 Å². The molecule has 0 spiro atoms. The maximum Gasteiger partial charge on any atom is 0.416 e. The van der Waals surface area contributed by atoms with Gasteiger partial charge in [0, 0.05) is 43.0 Å². The summed E-state index contributed by atoms with van der Waals surface area (Å²) in [5.41, 5.74) is 2.26. The summed E-state index contributed by atoms with van der Waals surface area (Å²) in [5.74, 6) is -0.950. The average molecular weight is 540 g/mol. The number of carbonyl (C=O) groups is 3. The van der Waals surface area contributed by atoms with Crippen LogP contribution in [-0.2, 0) is 11.0 Å². The third-order valence-corrected chi connectivity index (χ3v) is 6.71. The number of rotatable bonds is 7. The van der Waals surface area contributed by atoms with E-state index in [-0.39, 0.29) is 17.3 Å². The van der Waals surface area contributed by atoms with Crippen molar-refractivity contribution < 1.29 is 32.7 Å². The van der Waals surface area contributed by atoms with E-state index in [9.17, 15) is 32.7 Å². The smallest absolute Gasteiger partial charge is 0.394 e. The minimum atomic E-state index is -4.42. The first kappa shape index (κ1) is 27.8. The van der Waals surface area contributed by atoms with Gasteiger partial charge in [0.05, 0.1) is 12.2 Å². The molecule has 2 amide bonds. The number of carbonyl (C=O) groups excluding carboxylic acids is 3. The zero-order valence-electron chi connectivity index (χ0n) is 21.2. The Hall–Kier alpha value is -4.18. The van der Waals surface area contributed by atoms with Crippen LogP contribution in [0.15, 0.2) is 72.8 Å². The number of nitrogens with zero attached hydrogens (tertiary/aromatic N) is 2. The Kier molecular flexibility index (Phi) is 8.35. The lowest BCUT2D eigenvalue weighted by molar-refractivity contribution is -0.137. The van der Waals surface area contributed by atoms with Crippen LogP contribution in [0.25, 0.3) is 11.1 Å². The molecule has 1 heterocycles. The predicted molar refractivity (Wildman–Crippen MR) is 140 cm³/mol. The van der Waals surface area contributed by atoms with E-state index in [2.05, 4.69) is 10.2 Å². The Labute approximate surface area is 223 Å². The van der Waals surface area contributed by atoms with E-state index < -0.39 is 30.3 Å². The van der Waals surface area contributed by atoms with E-state index >= 15 is 0 Å². The molecule has 39 heavy (non-hydrogen) atoms. The molecule has 0 aliphatic carbocycles. The Balaban J connectivity index is 1.33. The van der Waals surface area contributed by atoms with E-state index in [1.807, 2.05) is 12.1 Å². The van der Waals surface area contributed by atoms with Crippen molar-refractivity contribution in [1.29, 1.82) is 0 Å². The van der Waals surface area contributed by atoms with Crippen molar-refractivity contribution >= 4 is 23.3 Å². The molecule has 1 aliphatic heterocycles. The van der Waals surface area contributed by atoms with Gasteiger partial charge in [-0.3, -0.25) is 14.4 Å². The number of hydrogen-bond acceptors (Lipinski definition) is 5. The van der Waals surface area contributed by atoms with Gasteiger partial charge in [-0.1, -0.05) is 24.3 Å². The van der Waals surface area contributed by atoms with Gasteiger partial charge in [0.15, 0.2) is 5.78 Å². The number of Topliss-reactive ketones (excluding diaryl/α,β-unsaturated/α-hetero) is 1. The molecule has 1 saturated heterocycles. The van der Waals surface area contributed by atoms with Crippen LogP contribution < -0.4 is 10.2 Å². The number of halogens is 3. The van der Waals surface area contributed by atoms with Crippen LogP contribution in [0.5, 0.6) is 0 Å². The Morgan fingerprint density at radius 3 is 1.82 bits per heavy atom. The van der Waals surface area contributed by atoms with Crippen LogP contribution in [-0.4, -0.2) is 66.4 Å². The van der Waals surface area contributed by atoms with Crippen molar-refractivity contribution in [2.24, 2.45) is 0 Å². The van der Waals surface area contributed by atoms with Gasteiger partial charge in [0.25, 0.3) is 5.91 Å². The highest BCUT2D eigenvalue weighted by Crippen LogP contribution is 2.31. The van der Waals surface area contributed by atoms with Gasteiger partial charge in [-0.15, -0.1) is 0 Å². The van der Waals surface area contributed by atoms with Crippen LogP contribution >= 0.6 is 0 Å². The lowest BCUT2D eigenvalue weighted by Gasteiger charge is -2.37. The normalized spacial score (nSPS) is 14.6. The molecule has 0 aromatic heterocycles. The largest absolute Gasteiger partial charge is 0.416 e. The van der Waals surface area contributed by atoms with Gasteiger partial charge >= 0.3 is 6.18 Å². The predicted octanol–water partition coefficient (Wildman–Crippen LogP) is 4.01. The molecule has 1 unspecified atom stereocenters. The van der Waals surface area contributed by atoms with Crippen molar-refractivity contribution in [1.82, 2.24) is 10.2 Å². The molecule has 0 saturated carbocycles. The number of piperazine rings is 1. The van der Waals surface area contributed by atoms with Gasteiger partial charge < -0.3 is 20.2 Å². The van der Waals surface area contributed by atoms with Crippen LogP contribution in [0, 0.1) is 0 Å². The number of amides is 2. The first-order valence-corrected chi connectivity index (χ1v) is 12.4.